The van der Waals surface area contributed by atoms with Crippen LogP contribution in [0.4, 0.5) is 11.4 Å². The predicted molar refractivity (Wildman–Crippen MR) is 121 cm³/mol. The molecule has 0 aliphatic carbocycles. The van der Waals surface area contributed by atoms with Gasteiger partial charge in [0, 0.05) is 37.6 Å². The third-order valence-electron chi connectivity index (χ3n) is 5.81. The number of aromatic nitrogens is 3. The van der Waals surface area contributed by atoms with Crippen LogP contribution in [0.1, 0.15) is 42.9 Å². The Morgan fingerprint density at radius 1 is 1.17 bits per heavy atom. The molecular formula is C23H30N6O. The van der Waals surface area contributed by atoms with Crippen LogP contribution in [0.3, 0.4) is 0 Å². The molecule has 0 unspecified atom stereocenters. The molecule has 4 rings (SSSR count). The van der Waals surface area contributed by atoms with E-state index in [1.54, 1.807) is 6.20 Å². The smallest absolute Gasteiger partial charge is 0.257 e. The van der Waals surface area contributed by atoms with Crippen molar-refractivity contribution in [1.29, 1.82) is 0 Å². The first-order valence-electron chi connectivity index (χ1n) is 10.7. The van der Waals surface area contributed by atoms with E-state index < -0.39 is 0 Å². The number of nitrogens with one attached hydrogen (secondary N) is 1. The van der Waals surface area contributed by atoms with Gasteiger partial charge in [0.05, 0.1) is 28.8 Å². The summed E-state index contributed by atoms with van der Waals surface area (Å²) in [5.74, 6) is -0.140. The zero-order chi connectivity index (χ0) is 21.3. The summed E-state index contributed by atoms with van der Waals surface area (Å²) in [6.07, 6.45) is 1.78. The quantitative estimate of drug-likeness (QED) is 0.700. The SMILES string of the molecule is CCN1CCN(c2ccccc2NC(=O)c2cc3cnn(C(C)C)c3nc2C)CC1. The monoisotopic (exact) mass is 406 g/mol. The van der Waals surface area contributed by atoms with Crippen LogP contribution in [0.2, 0.25) is 0 Å². The van der Waals surface area contributed by atoms with Gasteiger partial charge in [-0.3, -0.25) is 4.79 Å². The second kappa shape index (κ2) is 8.44. The Bertz CT molecular complexity index is 1050. The molecular weight excluding hydrogens is 376 g/mol. The summed E-state index contributed by atoms with van der Waals surface area (Å²) >= 11 is 0. The average molecular weight is 407 g/mol. The van der Waals surface area contributed by atoms with E-state index >= 15 is 0 Å². The number of anilines is 2. The van der Waals surface area contributed by atoms with E-state index in [0.717, 1.165) is 55.1 Å². The van der Waals surface area contributed by atoms with Crippen LogP contribution in [-0.4, -0.2) is 58.3 Å². The number of amides is 1. The number of pyridine rings is 1. The molecule has 1 aliphatic rings. The van der Waals surface area contributed by atoms with Crippen LogP contribution in [0.5, 0.6) is 0 Å². The van der Waals surface area contributed by atoms with Crippen molar-refractivity contribution in [3.8, 4) is 0 Å². The highest BCUT2D eigenvalue weighted by molar-refractivity contribution is 6.08. The summed E-state index contributed by atoms with van der Waals surface area (Å²) in [7, 11) is 0. The predicted octanol–water partition coefficient (Wildman–Crippen LogP) is 3.71. The average Bonchev–Trinajstić information content (AvgIpc) is 3.16. The van der Waals surface area contributed by atoms with Gasteiger partial charge in [0.2, 0.25) is 0 Å². The molecule has 1 fully saturated rings. The number of benzene rings is 1. The minimum atomic E-state index is -0.140. The molecule has 3 aromatic rings. The van der Waals surface area contributed by atoms with Gasteiger partial charge >= 0.3 is 0 Å². The number of hydrogen-bond acceptors (Lipinski definition) is 5. The molecule has 158 valence electrons. The molecule has 1 saturated heterocycles. The van der Waals surface area contributed by atoms with Crippen molar-refractivity contribution in [3.05, 3.63) is 47.8 Å². The van der Waals surface area contributed by atoms with E-state index in [-0.39, 0.29) is 11.9 Å². The van der Waals surface area contributed by atoms with Crippen molar-refractivity contribution in [2.24, 2.45) is 0 Å². The zero-order valence-electron chi connectivity index (χ0n) is 18.2. The molecule has 1 amide bonds. The first-order valence-corrected chi connectivity index (χ1v) is 10.7. The van der Waals surface area contributed by atoms with Gasteiger partial charge in [-0.15, -0.1) is 0 Å². The normalized spacial score (nSPS) is 15.2. The molecule has 0 saturated carbocycles. The summed E-state index contributed by atoms with van der Waals surface area (Å²) in [6, 6.07) is 10.1. The van der Waals surface area contributed by atoms with Gasteiger partial charge in [0.25, 0.3) is 5.91 Å². The molecule has 0 spiro atoms. The highest BCUT2D eigenvalue weighted by Gasteiger charge is 2.20. The molecule has 30 heavy (non-hydrogen) atoms. The Morgan fingerprint density at radius 2 is 1.90 bits per heavy atom. The zero-order valence-corrected chi connectivity index (χ0v) is 18.2. The molecule has 0 atom stereocenters. The number of nitrogens with zero attached hydrogens (tertiary/aromatic N) is 5. The van der Waals surface area contributed by atoms with Gasteiger partial charge < -0.3 is 15.1 Å². The molecule has 7 heteroatoms. The number of carbonyl (C=O) groups is 1. The first kappa shape index (κ1) is 20.3. The number of likely N-dealkylation sites (N-methyl/N-ethyl adjacent to an activating group) is 1. The number of aryl methyl sites for hydroxylation is 1. The number of piperazine rings is 1. The Morgan fingerprint density at radius 3 is 2.60 bits per heavy atom. The molecule has 1 aromatic carbocycles. The second-order valence-corrected chi connectivity index (χ2v) is 8.11. The summed E-state index contributed by atoms with van der Waals surface area (Å²) < 4.78 is 1.88. The van der Waals surface area contributed by atoms with Crippen molar-refractivity contribution in [3.63, 3.8) is 0 Å². The van der Waals surface area contributed by atoms with Crippen molar-refractivity contribution in [2.45, 2.75) is 33.7 Å². The van der Waals surface area contributed by atoms with E-state index in [0.29, 0.717) is 11.3 Å². The number of para-hydroxylation sites is 2. The van der Waals surface area contributed by atoms with Crippen LogP contribution in [0.25, 0.3) is 11.0 Å². The summed E-state index contributed by atoms with van der Waals surface area (Å²) in [4.78, 5) is 22.6. The fraction of sp³-hybridized carbons (Fsp3) is 0.435. The van der Waals surface area contributed by atoms with E-state index in [2.05, 4.69) is 52.0 Å². The van der Waals surface area contributed by atoms with Crippen molar-refractivity contribution in [1.82, 2.24) is 19.7 Å². The molecule has 2 aromatic heterocycles. The fourth-order valence-corrected chi connectivity index (χ4v) is 4.02. The molecule has 1 aliphatic heterocycles. The van der Waals surface area contributed by atoms with Crippen molar-refractivity contribution >= 4 is 28.3 Å². The van der Waals surface area contributed by atoms with E-state index in [9.17, 15) is 4.79 Å². The highest BCUT2D eigenvalue weighted by Crippen LogP contribution is 2.28. The fourth-order valence-electron chi connectivity index (χ4n) is 4.02. The van der Waals surface area contributed by atoms with Gasteiger partial charge in [0.1, 0.15) is 0 Å². The minimum absolute atomic E-state index is 0.140. The van der Waals surface area contributed by atoms with Gasteiger partial charge in [-0.1, -0.05) is 19.1 Å². The summed E-state index contributed by atoms with van der Waals surface area (Å²) in [6.45, 7) is 13.3. The topological polar surface area (TPSA) is 66.3 Å². The van der Waals surface area contributed by atoms with Gasteiger partial charge in [0.15, 0.2) is 5.65 Å². The highest BCUT2D eigenvalue weighted by atomic mass is 16.1. The minimum Gasteiger partial charge on any atom is -0.367 e. The third kappa shape index (κ3) is 3.89. The van der Waals surface area contributed by atoms with Crippen LogP contribution in [0.15, 0.2) is 36.5 Å². The van der Waals surface area contributed by atoms with Crippen LogP contribution < -0.4 is 10.2 Å². The Balaban J connectivity index is 1.58. The van der Waals surface area contributed by atoms with E-state index in [1.165, 1.54) is 0 Å². The Hall–Kier alpha value is -2.93. The largest absolute Gasteiger partial charge is 0.367 e. The number of carbonyl (C=O) groups excluding carboxylic acids is 1. The maximum Gasteiger partial charge on any atom is 0.257 e. The van der Waals surface area contributed by atoms with Crippen molar-refractivity contribution in [2.75, 3.05) is 42.9 Å². The van der Waals surface area contributed by atoms with Crippen LogP contribution >= 0.6 is 0 Å². The van der Waals surface area contributed by atoms with Crippen LogP contribution in [0, 0.1) is 6.92 Å². The van der Waals surface area contributed by atoms with Crippen molar-refractivity contribution < 1.29 is 4.79 Å². The van der Waals surface area contributed by atoms with Gasteiger partial charge in [-0.2, -0.15) is 5.10 Å². The maximum absolute atomic E-state index is 13.1. The number of fused-ring (bicyclic) bond motifs is 1. The third-order valence-corrected chi connectivity index (χ3v) is 5.81. The summed E-state index contributed by atoms with van der Waals surface area (Å²) in [5.41, 5.74) is 4.01. The Labute approximate surface area is 177 Å². The lowest BCUT2D eigenvalue weighted by atomic mass is 10.1. The van der Waals surface area contributed by atoms with Crippen LogP contribution in [-0.2, 0) is 0 Å². The first-order chi connectivity index (χ1) is 14.5. The number of rotatable bonds is 5. The maximum atomic E-state index is 13.1. The van der Waals surface area contributed by atoms with Gasteiger partial charge in [-0.05, 0) is 45.5 Å². The number of hydrogen-bond donors (Lipinski definition) is 1. The lowest BCUT2D eigenvalue weighted by Crippen LogP contribution is -2.46. The van der Waals surface area contributed by atoms with E-state index in [4.69, 9.17) is 0 Å². The van der Waals surface area contributed by atoms with Gasteiger partial charge in [-0.25, -0.2) is 9.67 Å². The molecule has 7 nitrogen and oxygen atoms in total. The van der Waals surface area contributed by atoms with E-state index in [1.807, 2.05) is 35.9 Å². The lowest BCUT2D eigenvalue weighted by Gasteiger charge is -2.36. The molecule has 1 N–H and O–H groups in total. The second-order valence-electron chi connectivity index (χ2n) is 8.11. The molecule has 3 heterocycles. The molecule has 0 bridgehead atoms. The Kier molecular flexibility index (Phi) is 5.72. The molecule has 0 radical (unpaired) electrons. The lowest BCUT2D eigenvalue weighted by molar-refractivity contribution is 0.102. The summed E-state index contributed by atoms with van der Waals surface area (Å²) in [5, 5.41) is 8.42. The standard InChI is InChI=1S/C23H30N6O/c1-5-27-10-12-28(13-11-27)21-9-7-6-8-20(21)26-23(30)19-14-18-15-24-29(16(2)3)22(18)25-17(19)4/h6-9,14-16H,5,10-13H2,1-4H3,(H,26,30).